The minimum Gasteiger partial charge on any atom is -0.480 e. The van der Waals surface area contributed by atoms with E-state index in [9.17, 15) is 24.8 Å². The first kappa shape index (κ1) is 18.1. The highest BCUT2D eigenvalue weighted by Gasteiger charge is 2.44. The Kier molecular flexibility index (Phi) is 5.02. The van der Waals surface area contributed by atoms with Gasteiger partial charge in [0.05, 0.1) is 4.92 Å². The van der Waals surface area contributed by atoms with Crippen molar-refractivity contribution in [3.05, 3.63) is 39.9 Å². The molecule has 1 aromatic carbocycles. The molecule has 1 aliphatic rings. The molecule has 1 aliphatic heterocycles. The highest BCUT2D eigenvalue weighted by molar-refractivity contribution is 7.99. The van der Waals surface area contributed by atoms with Crippen LogP contribution in [-0.2, 0) is 9.53 Å². The van der Waals surface area contributed by atoms with E-state index in [4.69, 9.17) is 4.74 Å². The number of ether oxygens (including phenoxy) is 1. The summed E-state index contributed by atoms with van der Waals surface area (Å²) >= 11 is 1.28. The number of carboxylic acids is 1. The molecule has 0 aromatic heterocycles. The van der Waals surface area contributed by atoms with Crippen molar-refractivity contribution in [2.24, 2.45) is 0 Å². The molecular formula is C15H18N2O6S. The number of benzene rings is 1. The van der Waals surface area contributed by atoms with Gasteiger partial charge in [0.2, 0.25) is 0 Å². The van der Waals surface area contributed by atoms with Crippen molar-refractivity contribution in [2.45, 2.75) is 37.8 Å². The molecule has 1 saturated heterocycles. The number of hydrogen-bond donors (Lipinski definition) is 1. The zero-order valence-corrected chi connectivity index (χ0v) is 14.3. The van der Waals surface area contributed by atoms with E-state index in [-0.39, 0.29) is 11.4 Å². The van der Waals surface area contributed by atoms with Crippen LogP contribution in [0.2, 0.25) is 0 Å². The molecule has 0 aliphatic carbocycles. The molecule has 1 aromatic rings. The molecule has 0 bridgehead atoms. The van der Waals surface area contributed by atoms with Crippen LogP contribution in [0.1, 0.15) is 31.7 Å². The average molecular weight is 354 g/mol. The third kappa shape index (κ3) is 3.97. The van der Waals surface area contributed by atoms with Gasteiger partial charge in [0.25, 0.3) is 5.69 Å². The van der Waals surface area contributed by atoms with Gasteiger partial charge in [-0.1, -0.05) is 0 Å². The molecule has 0 spiro atoms. The summed E-state index contributed by atoms with van der Waals surface area (Å²) in [4.78, 5) is 35.3. The monoisotopic (exact) mass is 354 g/mol. The lowest BCUT2D eigenvalue weighted by molar-refractivity contribution is -0.384. The van der Waals surface area contributed by atoms with Crippen molar-refractivity contribution in [2.75, 3.05) is 5.75 Å². The maximum atomic E-state index is 12.5. The van der Waals surface area contributed by atoms with E-state index in [0.717, 1.165) is 0 Å². The van der Waals surface area contributed by atoms with Crippen LogP contribution in [0.5, 0.6) is 0 Å². The van der Waals surface area contributed by atoms with Crippen LogP contribution in [-0.4, -0.2) is 44.4 Å². The van der Waals surface area contributed by atoms with Gasteiger partial charge in [-0.2, -0.15) is 0 Å². The molecule has 130 valence electrons. The highest BCUT2D eigenvalue weighted by Crippen LogP contribution is 2.42. The number of nitrogens with zero attached hydrogens (tertiary/aromatic N) is 2. The maximum Gasteiger partial charge on any atom is 0.412 e. The summed E-state index contributed by atoms with van der Waals surface area (Å²) in [6.07, 6.45) is -0.719. The van der Waals surface area contributed by atoms with Crippen LogP contribution in [0.25, 0.3) is 0 Å². The molecule has 1 heterocycles. The first-order valence-corrected chi connectivity index (χ1v) is 8.25. The smallest absolute Gasteiger partial charge is 0.412 e. The Morgan fingerprint density at radius 1 is 1.33 bits per heavy atom. The normalized spacial score (nSPS) is 20.7. The minimum absolute atomic E-state index is 0.0691. The van der Waals surface area contributed by atoms with Gasteiger partial charge in [0.15, 0.2) is 0 Å². The number of carbonyl (C=O) groups is 2. The summed E-state index contributed by atoms with van der Waals surface area (Å²) in [5, 5.41) is 19.5. The molecule has 2 atom stereocenters. The number of aliphatic carboxylic acids is 1. The molecule has 8 nitrogen and oxygen atoms in total. The molecule has 0 radical (unpaired) electrons. The standard InChI is InChI=1S/C15H18N2O6S/c1-15(2,3)23-14(20)16-11(13(18)19)8-24-12(16)9-4-6-10(7-5-9)17(21)22/h4-7,11-12H,8H2,1-3H3,(H,18,19)/t11-,12+/m0/s1. The summed E-state index contributed by atoms with van der Waals surface area (Å²) in [6.45, 7) is 5.10. The Balaban J connectivity index is 2.31. The number of nitro benzene ring substituents is 1. The van der Waals surface area contributed by atoms with Gasteiger partial charge in [0.1, 0.15) is 17.0 Å². The molecule has 1 amide bonds. The van der Waals surface area contributed by atoms with E-state index in [2.05, 4.69) is 0 Å². The zero-order chi connectivity index (χ0) is 18.1. The van der Waals surface area contributed by atoms with E-state index < -0.39 is 34.0 Å². The summed E-state index contributed by atoms with van der Waals surface area (Å²) in [7, 11) is 0. The molecule has 2 rings (SSSR count). The molecule has 0 saturated carbocycles. The van der Waals surface area contributed by atoms with E-state index in [0.29, 0.717) is 5.56 Å². The van der Waals surface area contributed by atoms with Crippen LogP contribution >= 0.6 is 11.8 Å². The van der Waals surface area contributed by atoms with Crippen LogP contribution in [0.4, 0.5) is 10.5 Å². The lowest BCUT2D eigenvalue weighted by atomic mass is 10.1. The van der Waals surface area contributed by atoms with Crippen molar-refractivity contribution < 1.29 is 24.4 Å². The first-order chi connectivity index (χ1) is 11.1. The number of hydrogen-bond acceptors (Lipinski definition) is 6. The van der Waals surface area contributed by atoms with Gasteiger partial charge in [-0.05, 0) is 38.5 Å². The van der Waals surface area contributed by atoms with Gasteiger partial charge in [-0.15, -0.1) is 11.8 Å². The Bertz CT molecular complexity index is 655. The van der Waals surface area contributed by atoms with E-state index in [1.165, 1.54) is 40.9 Å². The molecule has 9 heteroatoms. The lowest BCUT2D eigenvalue weighted by Gasteiger charge is -2.30. The number of thioether (sulfide) groups is 1. The topological polar surface area (TPSA) is 110 Å². The predicted octanol–water partition coefficient (Wildman–Crippen LogP) is 3.03. The van der Waals surface area contributed by atoms with Gasteiger partial charge in [-0.3, -0.25) is 15.0 Å². The fraction of sp³-hybridized carbons (Fsp3) is 0.467. The largest absolute Gasteiger partial charge is 0.480 e. The highest BCUT2D eigenvalue weighted by atomic mass is 32.2. The third-order valence-corrected chi connectivity index (χ3v) is 4.60. The Hall–Kier alpha value is -2.29. The molecule has 24 heavy (non-hydrogen) atoms. The maximum absolute atomic E-state index is 12.5. The second-order valence-corrected chi connectivity index (χ2v) is 7.39. The summed E-state index contributed by atoms with van der Waals surface area (Å²) in [5.41, 5.74) is -0.214. The number of non-ortho nitro benzene ring substituents is 1. The van der Waals surface area contributed by atoms with Crippen LogP contribution in [0.15, 0.2) is 24.3 Å². The molecule has 1 fully saturated rings. The number of rotatable bonds is 3. The number of carbonyl (C=O) groups excluding carboxylic acids is 1. The Labute approximate surface area is 142 Å². The van der Waals surface area contributed by atoms with E-state index >= 15 is 0 Å². The molecule has 0 unspecified atom stereocenters. The van der Waals surface area contributed by atoms with Crippen LogP contribution in [0.3, 0.4) is 0 Å². The first-order valence-electron chi connectivity index (χ1n) is 7.20. The number of nitro groups is 1. The van der Waals surface area contributed by atoms with Crippen molar-refractivity contribution >= 4 is 29.5 Å². The Morgan fingerprint density at radius 2 is 1.92 bits per heavy atom. The van der Waals surface area contributed by atoms with Crippen molar-refractivity contribution in [1.29, 1.82) is 0 Å². The fourth-order valence-electron chi connectivity index (χ4n) is 2.25. The average Bonchev–Trinajstić information content (AvgIpc) is 2.90. The van der Waals surface area contributed by atoms with Crippen LogP contribution in [0, 0.1) is 10.1 Å². The number of amides is 1. The van der Waals surface area contributed by atoms with Gasteiger partial charge >= 0.3 is 12.1 Å². The molecular weight excluding hydrogens is 336 g/mol. The summed E-state index contributed by atoms with van der Waals surface area (Å²) < 4.78 is 5.32. The second-order valence-electron chi connectivity index (χ2n) is 6.28. The lowest BCUT2D eigenvalue weighted by Crippen LogP contribution is -2.45. The SMILES string of the molecule is CC(C)(C)OC(=O)N1[C@@H](c2ccc([N+](=O)[O-])cc2)SC[C@H]1C(=O)O. The van der Waals surface area contributed by atoms with Crippen molar-refractivity contribution in [3.8, 4) is 0 Å². The predicted molar refractivity (Wildman–Crippen MR) is 87.8 cm³/mol. The van der Waals surface area contributed by atoms with Crippen molar-refractivity contribution in [3.63, 3.8) is 0 Å². The summed E-state index contributed by atoms with van der Waals surface area (Å²) in [5.74, 6) is -0.895. The second kappa shape index (κ2) is 6.68. The fourth-order valence-corrected chi connectivity index (χ4v) is 3.66. The van der Waals surface area contributed by atoms with Crippen molar-refractivity contribution in [1.82, 2.24) is 4.90 Å². The number of carboxylic acid groups (broad SMARTS) is 1. The van der Waals surface area contributed by atoms with E-state index in [1.807, 2.05) is 0 Å². The van der Waals surface area contributed by atoms with Crippen LogP contribution < -0.4 is 0 Å². The van der Waals surface area contributed by atoms with Gasteiger partial charge in [-0.25, -0.2) is 9.59 Å². The minimum atomic E-state index is -1.11. The third-order valence-electron chi connectivity index (χ3n) is 3.28. The molecule has 1 N–H and O–H groups in total. The van der Waals surface area contributed by atoms with Gasteiger partial charge < -0.3 is 9.84 Å². The van der Waals surface area contributed by atoms with E-state index in [1.54, 1.807) is 20.8 Å². The Morgan fingerprint density at radius 3 is 2.38 bits per heavy atom. The quantitative estimate of drug-likeness (QED) is 0.656. The summed E-state index contributed by atoms with van der Waals surface area (Å²) in [6, 6.07) is 4.70. The zero-order valence-electron chi connectivity index (χ0n) is 13.5. The van der Waals surface area contributed by atoms with Gasteiger partial charge in [0, 0.05) is 17.9 Å².